The van der Waals surface area contributed by atoms with E-state index < -0.39 is 28.4 Å². The van der Waals surface area contributed by atoms with Crippen molar-refractivity contribution in [3.8, 4) is 17.3 Å². The highest BCUT2D eigenvalue weighted by molar-refractivity contribution is 7.84. The summed E-state index contributed by atoms with van der Waals surface area (Å²) in [4.78, 5) is 20.6. The van der Waals surface area contributed by atoms with Gasteiger partial charge in [0, 0.05) is 34.5 Å². The number of rotatable bonds is 6. The van der Waals surface area contributed by atoms with Gasteiger partial charge in [0.15, 0.2) is 5.65 Å². The number of nitrogens with zero attached hydrogens (tertiary/aromatic N) is 4. The number of aromatic amines is 1. The van der Waals surface area contributed by atoms with Crippen LogP contribution in [0.3, 0.4) is 0 Å². The van der Waals surface area contributed by atoms with Gasteiger partial charge in [0.1, 0.15) is 23.8 Å². The fourth-order valence-corrected chi connectivity index (χ4v) is 4.55. The van der Waals surface area contributed by atoms with Gasteiger partial charge in [-0.15, -0.1) is 0 Å². The summed E-state index contributed by atoms with van der Waals surface area (Å²) in [6.45, 7) is -0.216. The molecule has 1 aliphatic rings. The predicted octanol–water partition coefficient (Wildman–Crippen LogP) is 1.96. The highest BCUT2D eigenvalue weighted by Crippen LogP contribution is 2.33. The molecule has 0 amide bonds. The molecule has 1 aromatic carbocycles. The Balaban J connectivity index is 1.42. The summed E-state index contributed by atoms with van der Waals surface area (Å²) in [6.07, 6.45) is 2.50. The average Bonchev–Trinajstić information content (AvgIpc) is 3.35. The van der Waals surface area contributed by atoms with E-state index in [1.807, 2.05) is 12.1 Å². The SMILES string of the molecule is NS(=O)(=O)OC[C@@H]1C[C@@H](Oc2ncnc3nc(-c4ccnc5cc(Cl)ccc45)[nH]c23)C[C@@H]1O. The average molecular weight is 491 g/mol. The molecule has 0 unspecified atom stereocenters. The molecule has 1 fully saturated rings. The van der Waals surface area contributed by atoms with Crippen LogP contribution in [0, 0.1) is 5.92 Å². The van der Waals surface area contributed by atoms with Crippen LogP contribution in [-0.2, 0) is 14.5 Å². The van der Waals surface area contributed by atoms with Crippen molar-refractivity contribution >= 4 is 44.0 Å². The Bertz CT molecular complexity index is 1450. The summed E-state index contributed by atoms with van der Waals surface area (Å²) < 4.78 is 32.7. The van der Waals surface area contributed by atoms with Gasteiger partial charge in [0.25, 0.3) is 0 Å². The highest BCUT2D eigenvalue weighted by Gasteiger charge is 2.36. The third-order valence-electron chi connectivity index (χ3n) is 5.55. The van der Waals surface area contributed by atoms with Crippen LogP contribution in [0.1, 0.15) is 12.8 Å². The van der Waals surface area contributed by atoms with Crippen molar-refractivity contribution < 1.29 is 22.4 Å². The number of aliphatic hydroxyl groups excluding tert-OH is 1. The number of halogens is 1. The van der Waals surface area contributed by atoms with Gasteiger partial charge in [-0.05, 0) is 24.6 Å². The first-order valence-corrected chi connectivity index (χ1v) is 11.9. The van der Waals surface area contributed by atoms with E-state index in [9.17, 15) is 13.5 Å². The number of aliphatic hydroxyl groups is 1. The van der Waals surface area contributed by atoms with Crippen molar-refractivity contribution in [3.63, 3.8) is 0 Å². The first-order valence-electron chi connectivity index (χ1n) is 10.0. The number of nitrogens with two attached hydrogens (primary N) is 1. The summed E-state index contributed by atoms with van der Waals surface area (Å²) in [7, 11) is -4.08. The van der Waals surface area contributed by atoms with E-state index in [0.717, 1.165) is 16.5 Å². The van der Waals surface area contributed by atoms with Gasteiger partial charge in [-0.1, -0.05) is 17.7 Å². The van der Waals surface area contributed by atoms with Gasteiger partial charge in [-0.2, -0.15) is 13.4 Å². The molecule has 4 aromatic rings. The van der Waals surface area contributed by atoms with E-state index in [-0.39, 0.29) is 12.5 Å². The molecule has 3 aromatic heterocycles. The Morgan fingerprint density at radius 3 is 2.88 bits per heavy atom. The van der Waals surface area contributed by atoms with Gasteiger partial charge >= 0.3 is 10.3 Å². The van der Waals surface area contributed by atoms with E-state index in [1.165, 1.54) is 6.33 Å². The Morgan fingerprint density at radius 1 is 1.21 bits per heavy atom. The van der Waals surface area contributed by atoms with E-state index in [1.54, 1.807) is 18.3 Å². The molecule has 5 rings (SSSR count). The molecular weight excluding hydrogens is 472 g/mol. The number of pyridine rings is 1. The first-order chi connectivity index (χ1) is 15.8. The first kappa shape index (κ1) is 21.9. The van der Waals surface area contributed by atoms with Gasteiger partial charge < -0.3 is 14.8 Å². The standard InChI is InChI=1S/C20H19ClN6O5S/c21-11-1-2-13-14(3-4-23-15(13)6-11)18-26-17-19(27-18)24-9-25-20(17)32-12-5-10(16(28)7-12)8-31-33(22,29)30/h1-4,6,9-10,12,16,28H,5,7-8H2,(H2,22,29,30)(H,24,25,26,27)/t10-,12+,16-/m0/s1. The maximum atomic E-state index is 11.0. The van der Waals surface area contributed by atoms with Crippen LogP contribution in [0.4, 0.5) is 0 Å². The fourth-order valence-electron chi connectivity index (χ4n) is 4.02. The molecule has 3 heterocycles. The predicted molar refractivity (Wildman–Crippen MR) is 120 cm³/mol. The molecule has 13 heteroatoms. The second-order valence-electron chi connectivity index (χ2n) is 7.80. The van der Waals surface area contributed by atoms with Crippen LogP contribution >= 0.6 is 11.6 Å². The van der Waals surface area contributed by atoms with Crippen LogP contribution in [0.15, 0.2) is 36.8 Å². The number of hydrogen-bond acceptors (Lipinski definition) is 9. The molecule has 0 radical (unpaired) electrons. The normalized spacial score (nSPS) is 21.1. The van der Waals surface area contributed by atoms with Crippen molar-refractivity contribution in [1.82, 2.24) is 24.9 Å². The third-order valence-corrected chi connectivity index (χ3v) is 6.25. The minimum absolute atomic E-state index is 0.216. The minimum Gasteiger partial charge on any atom is -0.473 e. The summed E-state index contributed by atoms with van der Waals surface area (Å²) in [5.74, 6) is 0.416. The van der Waals surface area contributed by atoms with Gasteiger partial charge in [0.05, 0.1) is 18.2 Å². The van der Waals surface area contributed by atoms with Crippen molar-refractivity contribution in [1.29, 1.82) is 0 Å². The van der Waals surface area contributed by atoms with E-state index in [4.69, 9.17) is 21.5 Å². The van der Waals surface area contributed by atoms with Gasteiger partial charge in [-0.3, -0.25) is 9.17 Å². The molecule has 0 bridgehead atoms. The lowest BCUT2D eigenvalue weighted by atomic mass is 10.1. The summed E-state index contributed by atoms with van der Waals surface area (Å²) in [6, 6.07) is 7.28. The van der Waals surface area contributed by atoms with Crippen molar-refractivity contribution in [2.24, 2.45) is 11.1 Å². The number of hydrogen-bond donors (Lipinski definition) is 3. The maximum absolute atomic E-state index is 11.0. The Morgan fingerprint density at radius 2 is 2.06 bits per heavy atom. The largest absolute Gasteiger partial charge is 0.473 e. The number of imidazole rings is 1. The summed E-state index contributed by atoms with van der Waals surface area (Å²) >= 11 is 6.09. The molecule has 1 saturated carbocycles. The topological polar surface area (TPSA) is 166 Å². The number of fused-ring (bicyclic) bond motifs is 2. The second kappa shape index (κ2) is 8.47. The lowest BCUT2D eigenvalue weighted by Gasteiger charge is -2.13. The Hall–Kier alpha value is -2.90. The minimum atomic E-state index is -4.08. The van der Waals surface area contributed by atoms with Crippen molar-refractivity contribution in [2.45, 2.75) is 25.0 Å². The van der Waals surface area contributed by atoms with Crippen LogP contribution in [-0.4, -0.2) is 57.3 Å². The lowest BCUT2D eigenvalue weighted by Crippen LogP contribution is -2.24. The molecule has 11 nitrogen and oxygen atoms in total. The highest BCUT2D eigenvalue weighted by atomic mass is 35.5. The van der Waals surface area contributed by atoms with Crippen LogP contribution in [0.5, 0.6) is 5.88 Å². The molecule has 172 valence electrons. The number of aromatic nitrogens is 5. The van der Waals surface area contributed by atoms with Crippen LogP contribution < -0.4 is 9.88 Å². The van der Waals surface area contributed by atoms with Crippen LogP contribution in [0.2, 0.25) is 5.02 Å². The zero-order valence-corrected chi connectivity index (χ0v) is 18.6. The third kappa shape index (κ3) is 4.61. The van der Waals surface area contributed by atoms with E-state index in [2.05, 4.69) is 29.1 Å². The Kier molecular flexibility index (Phi) is 5.62. The number of ether oxygens (including phenoxy) is 1. The second-order valence-corrected chi connectivity index (χ2v) is 9.46. The summed E-state index contributed by atoms with van der Waals surface area (Å²) in [5.41, 5.74) is 2.47. The maximum Gasteiger partial charge on any atom is 0.333 e. The molecule has 4 N–H and O–H groups in total. The summed E-state index contributed by atoms with van der Waals surface area (Å²) in [5, 5.41) is 16.6. The monoisotopic (exact) mass is 490 g/mol. The van der Waals surface area contributed by atoms with Gasteiger partial charge in [-0.25, -0.2) is 15.1 Å². The zero-order valence-electron chi connectivity index (χ0n) is 17.1. The Labute approximate surface area is 193 Å². The van der Waals surface area contributed by atoms with E-state index in [0.29, 0.717) is 34.9 Å². The molecule has 1 aliphatic carbocycles. The van der Waals surface area contributed by atoms with Crippen molar-refractivity contribution in [3.05, 3.63) is 41.8 Å². The molecule has 3 atom stereocenters. The molecule has 0 spiro atoms. The van der Waals surface area contributed by atoms with E-state index >= 15 is 0 Å². The number of H-pyrrole nitrogens is 1. The van der Waals surface area contributed by atoms with Gasteiger partial charge in [0.2, 0.25) is 5.88 Å². The lowest BCUT2D eigenvalue weighted by molar-refractivity contribution is 0.0986. The smallest absolute Gasteiger partial charge is 0.333 e. The van der Waals surface area contributed by atoms with Crippen LogP contribution in [0.25, 0.3) is 33.5 Å². The number of benzene rings is 1. The zero-order chi connectivity index (χ0) is 23.2. The molecular formula is C20H19ClN6O5S. The molecule has 0 saturated heterocycles. The van der Waals surface area contributed by atoms with Crippen molar-refractivity contribution in [2.75, 3.05) is 6.61 Å². The molecule has 0 aliphatic heterocycles. The molecule has 33 heavy (non-hydrogen) atoms. The quantitative estimate of drug-likeness (QED) is 0.366. The fraction of sp³-hybridized carbons (Fsp3) is 0.300. The number of nitrogens with one attached hydrogen (secondary N) is 1.